The lowest BCUT2D eigenvalue weighted by atomic mass is 9.84. The van der Waals surface area contributed by atoms with Crippen molar-refractivity contribution in [3.63, 3.8) is 0 Å². The van der Waals surface area contributed by atoms with Crippen LogP contribution in [0, 0.1) is 11.8 Å². The number of nitrogens with zero attached hydrogens (tertiary/aromatic N) is 2. The van der Waals surface area contributed by atoms with Gasteiger partial charge in [-0.2, -0.15) is 0 Å². The van der Waals surface area contributed by atoms with Crippen LogP contribution >= 0.6 is 0 Å². The van der Waals surface area contributed by atoms with Crippen molar-refractivity contribution in [1.82, 2.24) is 9.97 Å². The van der Waals surface area contributed by atoms with Crippen LogP contribution in [-0.4, -0.2) is 57.8 Å². The maximum atomic E-state index is 4.15. The highest BCUT2D eigenvalue weighted by molar-refractivity contribution is 5.24. The van der Waals surface area contributed by atoms with Gasteiger partial charge in [0.1, 0.15) is 11.7 Å². The highest BCUT2D eigenvalue weighted by Gasteiger charge is 2.30. The molecule has 2 bridgehead atoms. The van der Waals surface area contributed by atoms with Gasteiger partial charge in [0.05, 0.1) is 47.8 Å². The maximum Gasteiger partial charge on any atom is 0.133 e. The first-order valence-electron chi connectivity index (χ1n) is 12.3. The lowest BCUT2D eigenvalue weighted by Gasteiger charge is -2.18. The summed E-state index contributed by atoms with van der Waals surface area (Å²) in [4.78, 5) is 12.8. The molecule has 5 heterocycles. The summed E-state index contributed by atoms with van der Waals surface area (Å²) < 4.78 is 0. The fourth-order valence-electron chi connectivity index (χ4n) is 5.43. The Bertz CT molecular complexity index is 714. The molecule has 170 valence electrons. The molecule has 2 aromatic rings. The van der Waals surface area contributed by atoms with Crippen LogP contribution < -0.4 is 14.7 Å². The van der Waals surface area contributed by atoms with Crippen LogP contribution in [0.3, 0.4) is 0 Å². The highest BCUT2D eigenvalue weighted by atomic mass is 15.1. The van der Waals surface area contributed by atoms with E-state index in [0.29, 0.717) is 6.04 Å². The molecule has 2 unspecified atom stereocenters. The van der Waals surface area contributed by atoms with Crippen LogP contribution in [0.4, 0.5) is 5.69 Å². The van der Waals surface area contributed by atoms with Crippen molar-refractivity contribution in [1.29, 1.82) is 0 Å². The number of likely N-dealkylation sites (tertiary alicyclic amines) is 1. The van der Waals surface area contributed by atoms with Crippen molar-refractivity contribution in [3.05, 3.63) is 54.6 Å². The second-order valence-electron chi connectivity index (χ2n) is 10.1. The van der Waals surface area contributed by atoms with Gasteiger partial charge in [-0.25, -0.2) is 0 Å². The molecule has 2 aromatic heterocycles. The second kappa shape index (κ2) is 12.3. The van der Waals surface area contributed by atoms with Crippen LogP contribution in [-0.2, 0) is 0 Å². The van der Waals surface area contributed by atoms with E-state index in [-0.39, 0.29) is 0 Å². The number of hydrogen-bond acceptors (Lipinski definition) is 2. The summed E-state index contributed by atoms with van der Waals surface area (Å²) >= 11 is 0. The summed E-state index contributed by atoms with van der Waals surface area (Å²) in [6.07, 6.45) is 16.2. The number of nitrogens with one attached hydrogen (secondary N) is 3. The van der Waals surface area contributed by atoms with E-state index in [4.69, 9.17) is 0 Å². The Morgan fingerprint density at radius 2 is 1.48 bits per heavy atom. The second-order valence-corrected chi connectivity index (χ2v) is 10.1. The van der Waals surface area contributed by atoms with E-state index in [2.05, 4.69) is 44.2 Å². The van der Waals surface area contributed by atoms with Crippen LogP contribution in [0.25, 0.3) is 0 Å². The van der Waals surface area contributed by atoms with E-state index in [1.165, 1.54) is 74.3 Å². The van der Waals surface area contributed by atoms with E-state index in [1.54, 1.807) is 9.80 Å². The fourth-order valence-corrected chi connectivity index (χ4v) is 5.43. The molecule has 1 aliphatic carbocycles. The molecular weight excluding hydrogens is 382 g/mol. The normalized spacial score (nSPS) is 29.4. The first-order chi connectivity index (χ1) is 15.0. The van der Waals surface area contributed by atoms with E-state index in [1.807, 2.05) is 43.0 Å². The van der Waals surface area contributed by atoms with Gasteiger partial charge in [0.2, 0.25) is 0 Å². The van der Waals surface area contributed by atoms with Gasteiger partial charge in [-0.3, -0.25) is 9.97 Å². The van der Waals surface area contributed by atoms with E-state index in [0.717, 1.165) is 11.8 Å². The number of aromatic nitrogens is 2. The minimum Gasteiger partial charge on any atom is -0.337 e. The van der Waals surface area contributed by atoms with E-state index >= 15 is 0 Å². The molecule has 3 aliphatic heterocycles. The van der Waals surface area contributed by atoms with Gasteiger partial charge in [-0.15, -0.1) is 0 Å². The molecule has 4 aliphatic rings. The lowest BCUT2D eigenvalue weighted by Crippen LogP contribution is -3.09. The smallest absolute Gasteiger partial charge is 0.133 e. The SMILES string of the molecule is C[NH+](C)c1ccncc1.C[NH+]1CC2CCC(CC2)C1.C[NH+]1CCCC1c1cccnc1. The van der Waals surface area contributed by atoms with Crippen LogP contribution in [0.1, 0.15) is 50.1 Å². The average Bonchev–Trinajstić information content (AvgIpc) is 3.04. The third-order valence-corrected chi connectivity index (χ3v) is 7.24. The largest absolute Gasteiger partial charge is 0.337 e. The van der Waals surface area contributed by atoms with Gasteiger partial charge in [0.25, 0.3) is 0 Å². The number of fused-ring (bicyclic) bond motifs is 4. The molecule has 3 N–H and O–H groups in total. The number of pyridine rings is 2. The van der Waals surface area contributed by atoms with Crippen molar-refractivity contribution in [2.24, 2.45) is 11.8 Å². The summed E-state index contributed by atoms with van der Waals surface area (Å²) in [5.41, 5.74) is 2.66. The topological polar surface area (TPSA) is 39.1 Å². The third kappa shape index (κ3) is 7.67. The molecule has 5 heteroatoms. The molecule has 0 amide bonds. The molecule has 0 spiro atoms. The molecular formula is C26H44N5+3. The number of rotatable bonds is 2. The first-order valence-corrected chi connectivity index (χ1v) is 12.3. The molecule has 31 heavy (non-hydrogen) atoms. The Morgan fingerprint density at radius 1 is 0.839 bits per heavy atom. The number of hydrogen-bond donors (Lipinski definition) is 3. The lowest BCUT2D eigenvalue weighted by molar-refractivity contribution is -0.898. The molecule has 3 saturated heterocycles. The zero-order valence-corrected chi connectivity index (χ0v) is 20.1. The van der Waals surface area contributed by atoms with Gasteiger partial charge >= 0.3 is 0 Å². The zero-order chi connectivity index (χ0) is 22.1. The van der Waals surface area contributed by atoms with Crippen molar-refractivity contribution in [2.75, 3.05) is 47.8 Å². The highest BCUT2D eigenvalue weighted by Crippen LogP contribution is 2.28. The molecule has 1 saturated carbocycles. The van der Waals surface area contributed by atoms with Crippen LogP contribution in [0.15, 0.2) is 49.1 Å². The van der Waals surface area contributed by atoms with Crippen LogP contribution in [0.2, 0.25) is 0 Å². The van der Waals surface area contributed by atoms with Crippen molar-refractivity contribution >= 4 is 5.69 Å². The van der Waals surface area contributed by atoms with Gasteiger partial charge in [0, 0.05) is 67.2 Å². The Hall–Kier alpha value is -1.82. The fraction of sp³-hybridized carbons (Fsp3) is 0.615. The monoisotopic (exact) mass is 426 g/mol. The first kappa shape index (κ1) is 23.8. The van der Waals surface area contributed by atoms with Gasteiger partial charge in [-0.1, -0.05) is 6.07 Å². The predicted molar refractivity (Wildman–Crippen MR) is 127 cm³/mol. The zero-order valence-electron chi connectivity index (χ0n) is 20.1. The Morgan fingerprint density at radius 3 is 1.94 bits per heavy atom. The summed E-state index contributed by atoms with van der Waals surface area (Å²) in [6, 6.07) is 8.93. The summed E-state index contributed by atoms with van der Waals surface area (Å²) in [5, 5.41) is 0. The quantitative estimate of drug-likeness (QED) is 0.659. The maximum absolute atomic E-state index is 4.15. The molecule has 2 atom stereocenters. The molecule has 4 fully saturated rings. The van der Waals surface area contributed by atoms with Crippen LogP contribution in [0.5, 0.6) is 0 Å². The molecule has 0 aromatic carbocycles. The summed E-state index contributed by atoms with van der Waals surface area (Å²) in [6.45, 7) is 4.21. The van der Waals surface area contributed by atoms with E-state index < -0.39 is 0 Å². The predicted octanol–water partition coefficient (Wildman–Crippen LogP) is 0.610. The van der Waals surface area contributed by atoms with E-state index in [9.17, 15) is 0 Å². The minimum atomic E-state index is 0.693. The Kier molecular flexibility index (Phi) is 9.44. The summed E-state index contributed by atoms with van der Waals surface area (Å²) in [7, 11) is 8.81. The van der Waals surface area contributed by atoms with Gasteiger partial charge < -0.3 is 14.7 Å². The average molecular weight is 427 g/mol. The molecule has 6 rings (SSSR count). The van der Waals surface area contributed by atoms with Crippen molar-refractivity contribution in [2.45, 2.75) is 44.6 Å². The summed E-state index contributed by atoms with van der Waals surface area (Å²) in [5.74, 6) is 2.16. The number of quaternary nitrogens is 3. The van der Waals surface area contributed by atoms with Crippen molar-refractivity contribution < 1.29 is 14.7 Å². The molecule has 0 radical (unpaired) electrons. The molecule has 5 nitrogen and oxygen atoms in total. The van der Waals surface area contributed by atoms with Gasteiger partial charge in [-0.05, 0) is 31.7 Å². The minimum absolute atomic E-state index is 0.693. The Labute approximate surface area is 189 Å². The van der Waals surface area contributed by atoms with Gasteiger partial charge in [0.15, 0.2) is 0 Å². The Balaban J connectivity index is 0.000000133. The van der Waals surface area contributed by atoms with Crippen molar-refractivity contribution in [3.8, 4) is 0 Å². The standard InChI is InChI=1S/C10H14N2.C9H17N.C7H10N2/c1-12-7-3-5-10(12)9-4-2-6-11-8-9;1-10-6-8-2-3-9(7-10)5-4-8;1-9(2)7-3-5-8-6-4-7/h2,4,6,8,10H,3,5,7H2,1H3;8-9H,2-7H2,1H3;3-6H,1-2H3/p+3. The third-order valence-electron chi connectivity index (χ3n) is 7.24.